The molecule has 10 heteroatoms. The third-order valence-electron chi connectivity index (χ3n) is 8.47. The third kappa shape index (κ3) is 6.27. The van der Waals surface area contributed by atoms with Crippen molar-refractivity contribution < 1.29 is 9.59 Å². The number of aryl methyl sites for hydroxylation is 1. The van der Waals surface area contributed by atoms with Crippen molar-refractivity contribution in [2.24, 2.45) is 16.8 Å². The van der Waals surface area contributed by atoms with E-state index in [9.17, 15) is 9.59 Å². The van der Waals surface area contributed by atoms with Crippen LogP contribution in [0, 0.1) is 11.8 Å². The van der Waals surface area contributed by atoms with Crippen molar-refractivity contribution in [1.82, 2.24) is 30.2 Å². The van der Waals surface area contributed by atoms with Gasteiger partial charge in [0.05, 0.1) is 17.1 Å². The summed E-state index contributed by atoms with van der Waals surface area (Å²) in [6.07, 6.45) is 11.8. The lowest BCUT2D eigenvalue weighted by atomic mass is 9.79. The summed E-state index contributed by atoms with van der Waals surface area (Å²) in [6.45, 7) is 2.84. The molecule has 0 bridgehead atoms. The maximum absolute atomic E-state index is 13.1. The smallest absolute Gasteiger partial charge is 0.249 e. The molecule has 1 N–H and O–H groups in total. The van der Waals surface area contributed by atoms with E-state index in [1.54, 1.807) is 0 Å². The molecule has 4 aromatic rings. The van der Waals surface area contributed by atoms with Crippen LogP contribution in [0.25, 0.3) is 28.6 Å². The predicted octanol–water partition coefficient (Wildman–Crippen LogP) is 6.32. The average Bonchev–Trinajstić information content (AvgIpc) is 3.69. The summed E-state index contributed by atoms with van der Waals surface area (Å²) in [5.74, 6) is 0.897. The van der Waals surface area contributed by atoms with E-state index in [1.165, 1.54) is 0 Å². The fourth-order valence-corrected chi connectivity index (χ4v) is 6.31. The minimum Gasteiger partial charge on any atom is -0.327 e. The minimum absolute atomic E-state index is 0.171. The van der Waals surface area contributed by atoms with Gasteiger partial charge < -0.3 is 9.36 Å². The van der Waals surface area contributed by atoms with E-state index >= 15 is 0 Å². The van der Waals surface area contributed by atoms with Gasteiger partial charge in [0.1, 0.15) is 12.1 Å². The Morgan fingerprint density at radius 2 is 1.95 bits per heavy atom. The second-order valence-electron chi connectivity index (χ2n) is 11.3. The quantitative estimate of drug-likeness (QED) is 0.226. The van der Waals surface area contributed by atoms with E-state index in [0.717, 1.165) is 96.4 Å². The monoisotopic (exact) mass is 595 g/mol. The first kappa shape index (κ1) is 28.9. The highest BCUT2D eigenvalue weighted by atomic mass is 35.5. The summed E-state index contributed by atoms with van der Waals surface area (Å²) >= 11 is 6.29. The number of rotatable bonds is 9. The number of amides is 1. The number of allylic oxidation sites excluding steroid dienone is 1. The number of nitrogens with zero attached hydrogens (tertiary/aromatic N) is 6. The highest BCUT2D eigenvalue weighted by Gasteiger charge is 2.31. The molecule has 1 saturated carbocycles. The summed E-state index contributed by atoms with van der Waals surface area (Å²) in [5.41, 5.74) is 6.70. The van der Waals surface area contributed by atoms with Crippen LogP contribution in [0.2, 0.25) is 5.02 Å². The number of aldehydes is 1. The maximum Gasteiger partial charge on any atom is 0.249 e. The van der Waals surface area contributed by atoms with Gasteiger partial charge in [-0.2, -0.15) is 0 Å². The van der Waals surface area contributed by atoms with Gasteiger partial charge in [-0.15, -0.1) is 5.10 Å². The number of carbonyl (C=O) groups excluding carboxylic acids is 2. The zero-order valence-corrected chi connectivity index (χ0v) is 24.9. The van der Waals surface area contributed by atoms with Crippen molar-refractivity contribution in [3.8, 4) is 22.5 Å². The lowest BCUT2D eigenvalue weighted by molar-refractivity contribution is -0.128. The van der Waals surface area contributed by atoms with Crippen molar-refractivity contribution >= 4 is 35.6 Å². The lowest BCUT2D eigenvalue weighted by Crippen LogP contribution is -2.28. The molecule has 43 heavy (non-hydrogen) atoms. The van der Waals surface area contributed by atoms with E-state index in [-0.39, 0.29) is 17.7 Å². The number of tetrazole rings is 1. The molecule has 0 unspecified atom stereocenters. The number of nitrogens with one attached hydrogen (secondary N) is 1. The maximum atomic E-state index is 13.1. The molecule has 0 radical (unpaired) electrons. The number of halogens is 1. The van der Waals surface area contributed by atoms with Crippen molar-refractivity contribution in [3.63, 3.8) is 0 Å². The highest BCUT2D eigenvalue weighted by molar-refractivity contribution is 6.31. The normalized spacial score (nSPS) is 19.0. The number of H-pyrrole nitrogens is 1. The number of aromatic nitrogens is 6. The Morgan fingerprint density at radius 1 is 1.12 bits per heavy atom. The molecular weight excluding hydrogens is 562 g/mol. The predicted molar refractivity (Wildman–Crippen MR) is 167 cm³/mol. The zero-order valence-electron chi connectivity index (χ0n) is 24.2. The number of unbranched alkanes of at least 4 members (excludes halogenated alkanes) is 1. The topological polar surface area (TPSA) is 119 Å². The molecule has 2 aromatic heterocycles. The Bertz CT molecular complexity index is 1670. The molecular formula is C33H34ClN7O2. The second kappa shape index (κ2) is 13.0. The van der Waals surface area contributed by atoms with E-state index in [4.69, 9.17) is 16.6 Å². The Labute approximate surface area is 255 Å². The molecule has 2 aromatic carbocycles. The van der Waals surface area contributed by atoms with Gasteiger partial charge in [-0.25, -0.2) is 15.1 Å². The Kier molecular flexibility index (Phi) is 8.69. The molecule has 0 aliphatic heterocycles. The molecule has 2 heterocycles. The van der Waals surface area contributed by atoms with Gasteiger partial charge in [0.25, 0.3) is 0 Å². The van der Waals surface area contributed by atoms with Gasteiger partial charge in [0, 0.05) is 41.8 Å². The van der Waals surface area contributed by atoms with Crippen molar-refractivity contribution in [2.75, 3.05) is 0 Å². The van der Waals surface area contributed by atoms with E-state index in [1.807, 2.05) is 30.4 Å². The largest absolute Gasteiger partial charge is 0.327 e. The summed E-state index contributed by atoms with van der Waals surface area (Å²) < 4.78 is 2.28. The molecule has 0 spiro atoms. The number of benzene rings is 2. The van der Waals surface area contributed by atoms with Crippen LogP contribution >= 0.6 is 11.6 Å². The fraction of sp³-hybridized carbons (Fsp3) is 0.364. The van der Waals surface area contributed by atoms with E-state index in [0.29, 0.717) is 23.8 Å². The molecule has 220 valence electrons. The summed E-state index contributed by atoms with van der Waals surface area (Å²) in [4.78, 5) is 34.2. The van der Waals surface area contributed by atoms with Crippen molar-refractivity contribution in [1.29, 1.82) is 0 Å². The van der Waals surface area contributed by atoms with Gasteiger partial charge in [-0.1, -0.05) is 68.1 Å². The van der Waals surface area contributed by atoms with Crippen molar-refractivity contribution in [2.45, 2.75) is 64.8 Å². The zero-order chi connectivity index (χ0) is 29.8. The molecule has 1 fully saturated rings. The third-order valence-corrected chi connectivity index (χ3v) is 8.71. The van der Waals surface area contributed by atoms with Gasteiger partial charge >= 0.3 is 0 Å². The van der Waals surface area contributed by atoms with Crippen LogP contribution in [0.1, 0.15) is 68.2 Å². The van der Waals surface area contributed by atoms with E-state index < -0.39 is 0 Å². The summed E-state index contributed by atoms with van der Waals surface area (Å²) in [6, 6.07) is 14.1. The fourth-order valence-electron chi connectivity index (χ4n) is 6.14. The standard InChI is InChI=1S/C33H34ClN7O2/c1-2-3-8-31-36-29-16-14-25(35-33(43)27-7-5-4-6-23(27)20-42)18-30(29)41(31)19-21-9-11-22(12-10-21)26-15-13-24(34)17-28(26)32-37-39-40-38-32/h9-17,20,23,27H,2-8,18-19H2,1H3,(H,37,38,39,40)/t23-,27-/m1/s1. The number of aromatic amines is 1. The van der Waals surface area contributed by atoms with Crippen LogP contribution in [0.5, 0.6) is 0 Å². The molecule has 6 rings (SSSR count). The number of aliphatic imine (C=N–C) groups is 1. The second-order valence-corrected chi connectivity index (χ2v) is 11.8. The molecule has 2 aliphatic rings. The van der Waals surface area contributed by atoms with Crippen LogP contribution in [-0.4, -0.2) is 48.1 Å². The minimum atomic E-state index is -0.307. The number of carbonyl (C=O) groups is 2. The lowest BCUT2D eigenvalue weighted by Gasteiger charge is -2.25. The molecule has 1 amide bonds. The first-order valence-corrected chi connectivity index (χ1v) is 15.4. The van der Waals surface area contributed by atoms with Crippen molar-refractivity contribution in [3.05, 3.63) is 76.3 Å². The van der Waals surface area contributed by atoms with Crippen LogP contribution in [0.4, 0.5) is 0 Å². The van der Waals surface area contributed by atoms with Crippen LogP contribution in [-0.2, 0) is 29.0 Å². The molecule has 9 nitrogen and oxygen atoms in total. The van der Waals surface area contributed by atoms with Crippen LogP contribution in [0.3, 0.4) is 0 Å². The Balaban J connectivity index is 1.26. The first-order valence-electron chi connectivity index (χ1n) is 15.0. The van der Waals surface area contributed by atoms with Crippen LogP contribution < -0.4 is 0 Å². The Morgan fingerprint density at radius 3 is 2.72 bits per heavy atom. The van der Waals surface area contributed by atoms with Crippen LogP contribution in [0.15, 0.2) is 53.5 Å². The van der Waals surface area contributed by atoms with E-state index in [2.05, 4.69) is 61.4 Å². The SMILES string of the molecule is CCCCc1nc2c(n1Cc1ccc(-c3ccc(Cl)cc3-c3nnn[nH]3)cc1)CC(=NC(=O)[C@@H]1CCCC[C@@H]1C=O)C=C2. The first-order chi connectivity index (χ1) is 21.0. The molecule has 0 saturated heterocycles. The van der Waals surface area contributed by atoms with Gasteiger partial charge in [0.15, 0.2) is 5.82 Å². The van der Waals surface area contributed by atoms with Gasteiger partial charge in [-0.05, 0) is 70.7 Å². The molecule has 2 atom stereocenters. The van der Waals surface area contributed by atoms with Gasteiger partial charge in [0.2, 0.25) is 5.91 Å². The Hall–Kier alpha value is -4.24. The summed E-state index contributed by atoms with van der Waals surface area (Å²) in [5, 5.41) is 14.9. The molecule has 2 aliphatic carbocycles. The highest BCUT2D eigenvalue weighted by Crippen LogP contribution is 2.33. The average molecular weight is 596 g/mol. The number of hydrogen-bond acceptors (Lipinski definition) is 6. The van der Waals surface area contributed by atoms with Gasteiger partial charge in [-0.3, -0.25) is 4.79 Å². The summed E-state index contributed by atoms with van der Waals surface area (Å²) in [7, 11) is 0. The number of fused-ring (bicyclic) bond motifs is 1. The number of imidazole rings is 1. The number of hydrogen-bond donors (Lipinski definition) is 1.